The number of anilines is 1. The molecule has 2 atom stereocenters. The van der Waals surface area contributed by atoms with Crippen molar-refractivity contribution in [1.82, 2.24) is 24.7 Å². The molecule has 3 aliphatic rings. The summed E-state index contributed by atoms with van der Waals surface area (Å²) in [4.78, 5) is 40.6. The van der Waals surface area contributed by atoms with Gasteiger partial charge in [0.2, 0.25) is 5.91 Å². The molecule has 0 bridgehead atoms. The Morgan fingerprint density at radius 2 is 1.74 bits per heavy atom. The predicted molar refractivity (Wildman–Crippen MR) is 153 cm³/mol. The van der Waals surface area contributed by atoms with E-state index >= 15 is 0 Å². The molecule has 0 aliphatic carbocycles. The smallest absolute Gasteiger partial charge is 0.272 e. The third kappa shape index (κ3) is 6.73. The molecule has 2 fully saturated rings. The number of carbonyl (C=O) groups excluding carboxylic acids is 2. The van der Waals surface area contributed by atoms with Crippen LogP contribution in [0.2, 0.25) is 0 Å². The Bertz CT molecular complexity index is 1190. The van der Waals surface area contributed by atoms with Gasteiger partial charge in [0.1, 0.15) is 11.5 Å². The SMILES string of the molecule is CC(=O)N1CCC(Nc2cc(C(=O)N3CC[C@@H](N4CCc5ccccc5C4)[C@H](O)C3)nc(SC(C)C)n2)CC1. The van der Waals surface area contributed by atoms with E-state index in [-0.39, 0.29) is 29.1 Å². The van der Waals surface area contributed by atoms with Crippen LogP contribution >= 0.6 is 11.8 Å². The summed E-state index contributed by atoms with van der Waals surface area (Å²) in [5.41, 5.74) is 3.08. The quantitative estimate of drug-likeness (QED) is 0.417. The maximum atomic E-state index is 13.6. The molecule has 2 N–H and O–H groups in total. The number of thioether (sulfide) groups is 1. The topological polar surface area (TPSA) is 102 Å². The Kier molecular flexibility index (Phi) is 8.73. The number of hydrogen-bond donors (Lipinski definition) is 2. The van der Waals surface area contributed by atoms with E-state index in [1.165, 1.54) is 22.9 Å². The van der Waals surface area contributed by atoms with Gasteiger partial charge in [0, 0.05) is 69.6 Å². The number of aliphatic hydroxyl groups excluding tert-OH is 1. The molecule has 39 heavy (non-hydrogen) atoms. The van der Waals surface area contributed by atoms with Gasteiger partial charge in [0.05, 0.1) is 6.10 Å². The Morgan fingerprint density at radius 3 is 2.44 bits per heavy atom. The van der Waals surface area contributed by atoms with Crippen molar-refractivity contribution in [2.45, 2.75) is 81.6 Å². The number of nitrogens with zero attached hydrogens (tertiary/aromatic N) is 5. The second-order valence-corrected chi connectivity index (χ2v) is 12.7. The lowest BCUT2D eigenvalue weighted by Crippen LogP contribution is -2.56. The number of rotatable bonds is 6. The molecule has 2 saturated heterocycles. The predicted octanol–water partition coefficient (Wildman–Crippen LogP) is 3.03. The van der Waals surface area contributed by atoms with Gasteiger partial charge in [-0.25, -0.2) is 9.97 Å². The number of aromatic nitrogens is 2. The maximum Gasteiger partial charge on any atom is 0.272 e. The number of nitrogens with one attached hydrogen (secondary N) is 1. The standard InChI is InChI=1S/C29H40N6O3S/c1-19(2)39-29-31-24(16-27(32-29)30-23-9-13-33(14-10-23)20(3)36)28(38)35-15-11-25(26(37)18-35)34-12-8-21-6-4-5-7-22(21)17-34/h4-7,16,19,23,25-26,37H,8-15,17-18H2,1-3H3,(H,30,31,32)/t25-,26-/m1/s1. The fourth-order valence-corrected chi connectivity index (χ4v) is 6.64. The van der Waals surface area contributed by atoms with Crippen LogP contribution < -0.4 is 5.32 Å². The van der Waals surface area contributed by atoms with Crippen molar-refractivity contribution < 1.29 is 14.7 Å². The van der Waals surface area contributed by atoms with E-state index < -0.39 is 6.10 Å². The van der Waals surface area contributed by atoms with Crippen molar-refractivity contribution in [1.29, 1.82) is 0 Å². The lowest BCUT2D eigenvalue weighted by atomic mass is 9.94. The minimum Gasteiger partial charge on any atom is -0.390 e. The van der Waals surface area contributed by atoms with E-state index in [9.17, 15) is 14.7 Å². The molecule has 1 aromatic heterocycles. The molecule has 0 saturated carbocycles. The average Bonchev–Trinajstić information content (AvgIpc) is 2.92. The van der Waals surface area contributed by atoms with Crippen LogP contribution in [0.25, 0.3) is 0 Å². The third-order valence-electron chi connectivity index (χ3n) is 8.02. The molecule has 0 spiro atoms. The highest BCUT2D eigenvalue weighted by molar-refractivity contribution is 7.99. The molecule has 1 aromatic carbocycles. The molecule has 0 radical (unpaired) electrons. The number of hydrogen-bond acceptors (Lipinski definition) is 8. The molecule has 2 amide bonds. The normalized spacial score (nSPS) is 22.6. The number of piperidine rings is 2. The fraction of sp³-hybridized carbons (Fsp3) is 0.586. The van der Waals surface area contributed by atoms with E-state index in [0.29, 0.717) is 42.8 Å². The summed E-state index contributed by atoms with van der Waals surface area (Å²) >= 11 is 1.53. The van der Waals surface area contributed by atoms with Crippen LogP contribution in [-0.2, 0) is 17.8 Å². The molecule has 2 aromatic rings. The van der Waals surface area contributed by atoms with Crippen molar-refractivity contribution >= 4 is 29.4 Å². The van der Waals surface area contributed by atoms with Gasteiger partial charge in [-0.2, -0.15) is 0 Å². The molecule has 10 heteroatoms. The molecule has 4 heterocycles. The number of likely N-dealkylation sites (tertiary alicyclic amines) is 2. The van der Waals surface area contributed by atoms with Crippen LogP contribution in [0.1, 0.15) is 61.6 Å². The number of carbonyl (C=O) groups is 2. The molecule has 5 rings (SSSR count). The van der Waals surface area contributed by atoms with E-state index in [1.807, 2.05) is 4.90 Å². The van der Waals surface area contributed by atoms with Gasteiger partial charge >= 0.3 is 0 Å². The average molecular weight is 553 g/mol. The van der Waals surface area contributed by atoms with Crippen molar-refractivity contribution in [3.8, 4) is 0 Å². The van der Waals surface area contributed by atoms with Crippen LogP contribution in [-0.4, -0.2) is 97.7 Å². The molecule has 0 unspecified atom stereocenters. The van der Waals surface area contributed by atoms with Gasteiger partial charge in [-0.05, 0) is 36.8 Å². The van der Waals surface area contributed by atoms with Crippen molar-refractivity contribution in [3.63, 3.8) is 0 Å². The minimum atomic E-state index is -0.608. The van der Waals surface area contributed by atoms with Gasteiger partial charge in [-0.3, -0.25) is 14.5 Å². The zero-order valence-electron chi connectivity index (χ0n) is 23.2. The third-order valence-corrected chi connectivity index (χ3v) is 8.89. The number of β-amino-alcohol motifs (C(OH)–C–C–N with tert-alkyl or cyclic N) is 1. The highest BCUT2D eigenvalue weighted by Crippen LogP contribution is 2.27. The highest BCUT2D eigenvalue weighted by atomic mass is 32.2. The molecule has 210 valence electrons. The molecular formula is C29H40N6O3S. The monoisotopic (exact) mass is 552 g/mol. The summed E-state index contributed by atoms with van der Waals surface area (Å²) in [7, 11) is 0. The Morgan fingerprint density at radius 1 is 1.03 bits per heavy atom. The molecular weight excluding hydrogens is 512 g/mol. The first kappa shape index (κ1) is 27.9. The first-order valence-electron chi connectivity index (χ1n) is 14.1. The fourth-order valence-electron chi connectivity index (χ4n) is 5.91. The van der Waals surface area contributed by atoms with Crippen LogP contribution in [0.15, 0.2) is 35.5 Å². The van der Waals surface area contributed by atoms with E-state index in [2.05, 4.69) is 58.3 Å². The first-order valence-corrected chi connectivity index (χ1v) is 15.0. The molecule has 9 nitrogen and oxygen atoms in total. The summed E-state index contributed by atoms with van der Waals surface area (Å²) in [6, 6.07) is 10.5. The summed E-state index contributed by atoms with van der Waals surface area (Å²) < 4.78 is 0. The zero-order valence-corrected chi connectivity index (χ0v) is 24.0. The number of fused-ring (bicyclic) bond motifs is 1. The van der Waals surface area contributed by atoms with Gasteiger partial charge in [-0.1, -0.05) is 49.9 Å². The number of aliphatic hydroxyl groups is 1. The van der Waals surface area contributed by atoms with Gasteiger partial charge in [0.25, 0.3) is 5.91 Å². The highest BCUT2D eigenvalue weighted by Gasteiger charge is 2.36. The number of benzene rings is 1. The van der Waals surface area contributed by atoms with Crippen molar-refractivity contribution in [2.24, 2.45) is 0 Å². The molecule has 3 aliphatic heterocycles. The zero-order chi connectivity index (χ0) is 27.5. The van der Waals surface area contributed by atoms with Crippen molar-refractivity contribution in [2.75, 3.05) is 38.0 Å². The van der Waals surface area contributed by atoms with Crippen LogP contribution in [0.5, 0.6) is 0 Å². The Balaban J connectivity index is 1.25. The summed E-state index contributed by atoms with van der Waals surface area (Å²) in [6.07, 6.45) is 2.78. The number of amides is 2. The van der Waals surface area contributed by atoms with E-state index in [0.717, 1.165) is 38.8 Å². The van der Waals surface area contributed by atoms with Crippen LogP contribution in [0.3, 0.4) is 0 Å². The van der Waals surface area contributed by atoms with E-state index in [4.69, 9.17) is 0 Å². The lowest BCUT2D eigenvalue weighted by Gasteiger charge is -2.43. The second-order valence-electron chi connectivity index (χ2n) is 11.2. The van der Waals surface area contributed by atoms with Crippen molar-refractivity contribution in [3.05, 3.63) is 47.2 Å². The first-order chi connectivity index (χ1) is 18.8. The van der Waals surface area contributed by atoms with Crippen LogP contribution in [0, 0.1) is 0 Å². The summed E-state index contributed by atoms with van der Waals surface area (Å²) in [6.45, 7) is 9.84. The minimum absolute atomic E-state index is 0.0398. The summed E-state index contributed by atoms with van der Waals surface area (Å²) in [5.74, 6) is 0.578. The van der Waals surface area contributed by atoms with Gasteiger partial charge < -0.3 is 20.2 Å². The maximum absolute atomic E-state index is 13.6. The Hall–Kier alpha value is -2.69. The largest absolute Gasteiger partial charge is 0.390 e. The summed E-state index contributed by atoms with van der Waals surface area (Å²) in [5, 5.41) is 15.5. The Labute approximate surface area is 235 Å². The lowest BCUT2D eigenvalue weighted by molar-refractivity contribution is -0.129. The van der Waals surface area contributed by atoms with Crippen LogP contribution in [0.4, 0.5) is 5.82 Å². The second kappa shape index (κ2) is 12.2. The van der Waals surface area contributed by atoms with Gasteiger partial charge in [0.15, 0.2) is 5.16 Å². The van der Waals surface area contributed by atoms with Gasteiger partial charge in [-0.15, -0.1) is 0 Å². The van der Waals surface area contributed by atoms with E-state index in [1.54, 1.807) is 17.9 Å².